The van der Waals surface area contributed by atoms with Crippen LogP contribution < -0.4 is 0 Å². The van der Waals surface area contributed by atoms with Crippen molar-refractivity contribution in [3.63, 3.8) is 0 Å². The van der Waals surface area contributed by atoms with E-state index < -0.39 is 0 Å². The molecule has 0 heterocycles. The zero-order valence-electron chi connectivity index (χ0n) is 1.97. The summed E-state index contributed by atoms with van der Waals surface area (Å²) in [5.41, 5.74) is 0. The monoisotopic (exact) mass is 377 g/mol. The summed E-state index contributed by atoms with van der Waals surface area (Å²) >= 11 is 0.700. The minimum absolute atomic E-state index is 0. The van der Waals surface area contributed by atoms with Gasteiger partial charge in [0, 0.05) is 18.6 Å². The van der Waals surface area contributed by atoms with Crippen molar-refractivity contribution in [2.75, 3.05) is 0 Å². The predicted octanol–water partition coefficient (Wildman–Crippen LogP) is -1.31. The van der Waals surface area contributed by atoms with Crippen LogP contribution in [0.2, 0.25) is 0 Å². The Labute approximate surface area is 67.1 Å². The molecule has 4 heteroatoms. The molecule has 0 N–H and O–H groups in total. The third kappa shape index (κ3) is 9.04. The van der Waals surface area contributed by atoms with Crippen LogP contribution in [0.15, 0.2) is 0 Å². The van der Waals surface area contributed by atoms with Crippen molar-refractivity contribution < 1.29 is 41.7 Å². The van der Waals surface area contributed by atoms with E-state index in [1.165, 1.54) is 0 Å². The van der Waals surface area contributed by atoms with E-state index in [-0.39, 0.29) is 44.8 Å². The molecule has 0 aliphatic heterocycles. The molecular formula is H3BiMoOV. The standard InChI is InChI=1S/Bi.Mo.O.V.3H. The Morgan fingerprint density at radius 2 is 1.25 bits per heavy atom. The van der Waals surface area contributed by atoms with Gasteiger partial charge in [-0.2, -0.15) is 0 Å². The Morgan fingerprint density at radius 1 is 1.25 bits per heavy atom. The van der Waals surface area contributed by atoms with Gasteiger partial charge < -0.3 is 0 Å². The summed E-state index contributed by atoms with van der Waals surface area (Å²) in [5.74, 6) is 0. The van der Waals surface area contributed by atoms with Crippen molar-refractivity contribution in [2.45, 2.75) is 0 Å². The largest absolute Gasteiger partial charge is 0 e. The average Bonchev–Trinajstić information content (AvgIpc) is 1.00. The molecule has 0 bridgehead atoms. The quantitative estimate of drug-likeness (QED) is 0.481. The molecule has 1 nitrogen and oxygen atoms in total. The summed E-state index contributed by atoms with van der Waals surface area (Å²) in [7, 11) is 0. The molecule has 0 spiro atoms. The minimum atomic E-state index is 0. The summed E-state index contributed by atoms with van der Waals surface area (Å²) in [6, 6.07) is 0. The van der Waals surface area contributed by atoms with Crippen LogP contribution in [0.25, 0.3) is 0 Å². The van der Waals surface area contributed by atoms with E-state index >= 15 is 0 Å². The molecule has 0 atom stereocenters. The Kier molecular flexibility index (Phi) is 84.9. The maximum atomic E-state index is 8.26. The van der Waals surface area contributed by atoms with Crippen molar-refractivity contribution in [1.29, 1.82) is 0 Å². The zero-order chi connectivity index (χ0) is 2.00. The molecule has 0 aliphatic carbocycles. The molecule has 1 radical (unpaired) electrons. The first-order valence-electron chi connectivity index (χ1n) is 0.167. The molecule has 0 aromatic carbocycles. The van der Waals surface area contributed by atoms with E-state index in [9.17, 15) is 0 Å². The van der Waals surface area contributed by atoms with E-state index in [0.29, 0.717) is 19.8 Å². The van der Waals surface area contributed by atoms with Gasteiger partial charge in [0.1, 0.15) is 0 Å². The summed E-state index contributed by atoms with van der Waals surface area (Å²) < 4.78 is 8.26. The minimum Gasteiger partial charge on any atom is 0 e. The Hall–Kier alpha value is 1.96. The van der Waals surface area contributed by atoms with Crippen LogP contribution in [0.4, 0.5) is 0 Å². The van der Waals surface area contributed by atoms with Crippen LogP contribution in [-0.2, 0) is 41.7 Å². The molecule has 0 saturated heterocycles. The van der Waals surface area contributed by atoms with Crippen molar-refractivity contribution in [1.82, 2.24) is 0 Å². The first kappa shape index (κ1) is 16.7. The molecule has 0 unspecified atom stereocenters. The smallest absolute Gasteiger partial charge is 0 e. The van der Waals surface area contributed by atoms with Crippen LogP contribution in [-0.4, -0.2) is 26.2 Å². The zero-order valence-corrected chi connectivity index (χ0v) is 10.9. The number of hydrogen-bond acceptors (Lipinski definition) is 1. The normalized spacial score (nSPS) is 1.00. The van der Waals surface area contributed by atoms with Crippen LogP contribution in [0.3, 0.4) is 0 Å². The SMILES string of the molecule is [BiH3].[O]=[Mo].[V]. The van der Waals surface area contributed by atoms with Gasteiger partial charge in [-0.25, -0.2) is 0 Å². The van der Waals surface area contributed by atoms with E-state index in [0.717, 1.165) is 0 Å². The third-order valence-corrected chi connectivity index (χ3v) is 0. The van der Waals surface area contributed by atoms with Gasteiger partial charge in [0.25, 0.3) is 0 Å². The van der Waals surface area contributed by atoms with Crippen molar-refractivity contribution in [3.05, 3.63) is 0 Å². The maximum Gasteiger partial charge on any atom is 0 e. The first-order chi connectivity index (χ1) is 1.00. The van der Waals surface area contributed by atoms with Gasteiger partial charge in [-0.05, 0) is 0 Å². The molecule has 4 heavy (non-hydrogen) atoms. The molecule has 0 aliphatic rings. The molecule has 0 fully saturated rings. The summed E-state index contributed by atoms with van der Waals surface area (Å²) in [5, 5.41) is 0. The second-order valence-electron chi connectivity index (χ2n) is 0. The van der Waals surface area contributed by atoms with E-state index in [1.807, 2.05) is 0 Å². The Morgan fingerprint density at radius 3 is 1.25 bits per heavy atom. The molecule has 25 valence electrons. The maximum absolute atomic E-state index is 8.26. The number of rotatable bonds is 0. The fourth-order valence-corrected chi connectivity index (χ4v) is 0. The van der Waals surface area contributed by atoms with Gasteiger partial charge in [-0.15, -0.1) is 0 Å². The van der Waals surface area contributed by atoms with Crippen molar-refractivity contribution >= 4 is 26.2 Å². The number of hydrogen-bond donors (Lipinski definition) is 0. The van der Waals surface area contributed by atoms with Gasteiger partial charge in [0.2, 0.25) is 0 Å². The van der Waals surface area contributed by atoms with Crippen LogP contribution >= 0.6 is 0 Å². The Balaban J connectivity index is -0.00000000500. The van der Waals surface area contributed by atoms with Crippen LogP contribution in [0.1, 0.15) is 0 Å². The predicted molar refractivity (Wildman–Crippen MR) is 10.6 cm³/mol. The van der Waals surface area contributed by atoms with Gasteiger partial charge in [-0.1, -0.05) is 0 Å². The summed E-state index contributed by atoms with van der Waals surface area (Å²) in [6.45, 7) is 0. The summed E-state index contributed by atoms with van der Waals surface area (Å²) in [6.07, 6.45) is 0. The van der Waals surface area contributed by atoms with E-state index in [4.69, 9.17) is 3.40 Å². The molecule has 0 saturated carbocycles. The van der Waals surface area contributed by atoms with Crippen molar-refractivity contribution in [3.8, 4) is 0 Å². The molecule has 0 aromatic heterocycles. The van der Waals surface area contributed by atoms with Crippen LogP contribution in [0.5, 0.6) is 0 Å². The fraction of sp³-hybridized carbons (Fsp3) is 0. The van der Waals surface area contributed by atoms with Gasteiger partial charge in [0.05, 0.1) is 0 Å². The summed E-state index contributed by atoms with van der Waals surface area (Å²) in [4.78, 5) is 0. The molecule has 0 aromatic rings. The second-order valence-corrected chi connectivity index (χ2v) is 0. The van der Waals surface area contributed by atoms with Gasteiger partial charge in [0.15, 0.2) is 0 Å². The van der Waals surface area contributed by atoms with E-state index in [1.54, 1.807) is 0 Å². The van der Waals surface area contributed by atoms with Crippen molar-refractivity contribution in [2.24, 2.45) is 0 Å². The second kappa shape index (κ2) is 20.3. The average molecular weight is 375 g/mol. The Bertz CT molecular complexity index is 8.00. The third-order valence-electron chi connectivity index (χ3n) is 0. The fourth-order valence-electron chi connectivity index (χ4n) is 0. The molecule has 0 amide bonds. The first-order valence-corrected chi connectivity index (χ1v) is 0.986. The van der Waals surface area contributed by atoms with Crippen LogP contribution in [0, 0.1) is 0 Å². The molecular weight excluding hydrogens is 372 g/mol. The topological polar surface area (TPSA) is 17.1 Å². The van der Waals surface area contributed by atoms with Gasteiger partial charge in [-0.3, -0.25) is 0 Å². The van der Waals surface area contributed by atoms with Gasteiger partial charge >= 0.3 is 49.4 Å². The van der Waals surface area contributed by atoms with E-state index in [2.05, 4.69) is 0 Å². The molecule has 0 rings (SSSR count).